The number of nitrogens with one attached hydrogen (secondary N) is 1. The molecule has 206 valence electrons. The van der Waals surface area contributed by atoms with E-state index in [1.54, 1.807) is 0 Å². The van der Waals surface area contributed by atoms with Crippen LogP contribution in [0.15, 0.2) is 55.0 Å². The molecular weight excluding hydrogens is 516 g/mol. The van der Waals surface area contributed by atoms with E-state index in [0.717, 1.165) is 76.7 Å². The van der Waals surface area contributed by atoms with Crippen LogP contribution in [-0.2, 0) is 25.8 Å². The normalized spacial score (nSPS) is 14.7. The Balaban J connectivity index is 0.00000142. The van der Waals surface area contributed by atoms with Crippen molar-refractivity contribution in [1.82, 2.24) is 24.7 Å². The molecule has 0 atom stereocenters. The maximum Gasteiger partial charge on any atom is 0.147 e. The second-order valence-corrected chi connectivity index (χ2v) is 10.8. The summed E-state index contributed by atoms with van der Waals surface area (Å²) < 4.78 is 2.23. The first-order chi connectivity index (χ1) is 19.7. The summed E-state index contributed by atoms with van der Waals surface area (Å²) >= 11 is 6.59. The van der Waals surface area contributed by atoms with Gasteiger partial charge in [-0.25, -0.2) is 9.67 Å². The molecule has 1 saturated carbocycles. The molecule has 2 aromatic carbocycles. The molecule has 2 aliphatic rings. The quantitative estimate of drug-likeness (QED) is 0.231. The van der Waals surface area contributed by atoms with E-state index in [1.165, 1.54) is 35.2 Å². The van der Waals surface area contributed by atoms with Crippen molar-refractivity contribution in [3.8, 4) is 16.9 Å². The van der Waals surface area contributed by atoms with Crippen LogP contribution in [0.25, 0.3) is 27.8 Å². The summed E-state index contributed by atoms with van der Waals surface area (Å²) in [4.78, 5) is 15.3. The van der Waals surface area contributed by atoms with Crippen molar-refractivity contribution in [3.63, 3.8) is 0 Å². The molecule has 4 heterocycles. The molecule has 7 heteroatoms. The topological polar surface area (TPSA) is 62.6 Å². The lowest BCUT2D eigenvalue weighted by atomic mass is 9.97. The molecule has 0 spiro atoms. The van der Waals surface area contributed by atoms with Gasteiger partial charge in [0.05, 0.1) is 45.7 Å². The van der Waals surface area contributed by atoms with Crippen molar-refractivity contribution < 1.29 is 0 Å². The van der Waals surface area contributed by atoms with Crippen LogP contribution in [0.1, 0.15) is 74.5 Å². The number of nitrogens with zero attached hydrogens (tertiary/aromatic N) is 5. The zero-order valence-corrected chi connectivity index (χ0v) is 24.6. The third-order valence-corrected chi connectivity index (χ3v) is 8.43. The van der Waals surface area contributed by atoms with Gasteiger partial charge in [-0.05, 0) is 48.9 Å². The van der Waals surface area contributed by atoms with Crippen LogP contribution in [0.3, 0.4) is 0 Å². The van der Waals surface area contributed by atoms with Gasteiger partial charge in [-0.15, -0.1) is 0 Å². The molecule has 7 rings (SSSR count). The van der Waals surface area contributed by atoms with E-state index in [1.807, 2.05) is 38.5 Å². The SMILES string of the molecule is CC.CCc1cccc(CC)c1-n1nc2c(c1-c1ccc(Cl)c3[nH]ccc13)CN(c1cnc(C3CC3)cn1)CC2. The van der Waals surface area contributed by atoms with Crippen molar-refractivity contribution >= 4 is 28.3 Å². The Hall–Kier alpha value is -3.64. The van der Waals surface area contributed by atoms with Crippen molar-refractivity contribution in [2.24, 2.45) is 0 Å². The summed E-state index contributed by atoms with van der Waals surface area (Å²) in [5.41, 5.74) is 10.6. The third kappa shape index (κ3) is 4.58. The molecule has 0 saturated heterocycles. The molecule has 6 nitrogen and oxygen atoms in total. The zero-order chi connectivity index (χ0) is 27.8. The molecule has 1 aliphatic heterocycles. The number of H-pyrrole nitrogens is 1. The van der Waals surface area contributed by atoms with Gasteiger partial charge in [0.1, 0.15) is 5.82 Å². The molecule has 0 radical (unpaired) electrons. The van der Waals surface area contributed by atoms with E-state index in [4.69, 9.17) is 26.7 Å². The number of benzene rings is 2. The fourth-order valence-corrected chi connectivity index (χ4v) is 6.13. The number of aryl methyl sites for hydroxylation is 2. The minimum atomic E-state index is 0.606. The summed E-state index contributed by atoms with van der Waals surface area (Å²) in [5.74, 6) is 1.54. The second kappa shape index (κ2) is 11.1. The first-order valence-corrected chi connectivity index (χ1v) is 15.1. The predicted molar refractivity (Wildman–Crippen MR) is 165 cm³/mol. The van der Waals surface area contributed by atoms with Gasteiger partial charge in [0.2, 0.25) is 0 Å². The maximum atomic E-state index is 6.59. The third-order valence-electron chi connectivity index (χ3n) is 8.12. The largest absolute Gasteiger partial charge is 0.360 e. The van der Waals surface area contributed by atoms with Crippen LogP contribution in [-0.4, -0.2) is 31.3 Å². The summed E-state index contributed by atoms with van der Waals surface area (Å²) in [6, 6.07) is 12.9. The van der Waals surface area contributed by atoms with Crippen molar-refractivity contribution in [1.29, 1.82) is 0 Å². The molecule has 0 amide bonds. The van der Waals surface area contributed by atoms with Gasteiger partial charge in [-0.2, -0.15) is 5.10 Å². The highest BCUT2D eigenvalue weighted by atomic mass is 35.5. The minimum absolute atomic E-state index is 0.606. The lowest BCUT2D eigenvalue weighted by Crippen LogP contribution is -2.31. The molecular formula is C33H37ClN6. The van der Waals surface area contributed by atoms with Gasteiger partial charge in [0, 0.05) is 48.1 Å². The molecule has 3 aromatic heterocycles. The van der Waals surface area contributed by atoms with Gasteiger partial charge in [-0.3, -0.25) is 4.98 Å². The maximum absolute atomic E-state index is 6.59. The van der Waals surface area contributed by atoms with Crippen LogP contribution in [0.2, 0.25) is 5.02 Å². The summed E-state index contributed by atoms with van der Waals surface area (Å²) in [7, 11) is 0. The van der Waals surface area contributed by atoms with Crippen LogP contribution >= 0.6 is 11.6 Å². The molecule has 1 N–H and O–H groups in total. The fourth-order valence-electron chi connectivity index (χ4n) is 5.91. The molecule has 0 bridgehead atoms. The molecule has 40 heavy (non-hydrogen) atoms. The highest BCUT2D eigenvalue weighted by molar-refractivity contribution is 6.35. The summed E-state index contributed by atoms with van der Waals surface area (Å²) in [6.07, 6.45) is 11.1. The van der Waals surface area contributed by atoms with Crippen LogP contribution in [0.5, 0.6) is 0 Å². The Labute approximate surface area is 241 Å². The number of rotatable bonds is 6. The van der Waals surface area contributed by atoms with Crippen LogP contribution < -0.4 is 4.90 Å². The highest BCUT2D eigenvalue weighted by Crippen LogP contribution is 2.41. The number of hydrogen-bond acceptors (Lipinski definition) is 4. The standard InChI is InChI=1S/C31H31ClN6.C2H6/c1-3-19-6-5-7-20(4-2)30(19)38-31(23-10-11-25(32)29-22(23)12-14-33-29)24-18-37(15-13-26(24)36-38)28-17-34-27(16-35-28)21-8-9-21;1-2/h5-7,10-12,14,16-17,21,33H,3-4,8-9,13,15,18H2,1-2H3;1-2H3. The lowest BCUT2D eigenvalue weighted by Gasteiger charge is -2.28. The fraction of sp³-hybridized carbons (Fsp3) is 0.364. The van der Waals surface area contributed by atoms with Crippen molar-refractivity contribution in [3.05, 3.63) is 88.1 Å². The second-order valence-electron chi connectivity index (χ2n) is 10.4. The number of anilines is 1. The van der Waals surface area contributed by atoms with E-state index >= 15 is 0 Å². The highest BCUT2D eigenvalue weighted by Gasteiger charge is 2.30. The Kier molecular flexibility index (Phi) is 7.37. The number of aromatic nitrogens is 5. The van der Waals surface area contributed by atoms with Crippen molar-refractivity contribution in [2.45, 2.75) is 72.3 Å². The van der Waals surface area contributed by atoms with Gasteiger partial charge < -0.3 is 9.88 Å². The van der Waals surface area contributed by atoms with E-state index in [9.17, 15) is 0 Å². The number of halogens is 1. The van der Waals surface area contributed by atoms with E-state index < -0.39 is 0 Å². The van der Waals surface area contributed by atoms with E-state index in [0.29, 0.717) is 5.92 Å². The first kappa shape index (κ1) is 26.6. The monoisotopic (exact) mass is 552 g/mol. The Bertz CT molecular complexity index is 1620. The Morgan fingerprint density at radius 2 is 1.75 bits per heavy atom. The number of hydrogen-bond donors (Lipinski definition) is 1. The summed E-state index contributed by atoms with van der Waals surface area (Å²) in [6.45, 7) is 10.1. The Morgan fingerprint density at radius 3 is 2.42 bits per heavy atom. The van der Waals surface area contributed by atoms with Crippen LogP contribution in [0.4, 0.5) is 5.82 Å². The molecule has 5 aromatic rings. The van der Waals surface area contributed by atoms with Gasteiger partial charge >= 0.3 is 0 Å². The number of fused-ring (bicyclic) bond motifs is 2. The van der Waals surface area contributed by atoms with Crippen LogP contribution in [0, 0.1) is 0 Å². The predicted octanol–water partition coefficient (Wildman–Crippen LogP) is 8.06. The van der Waals surface area contributed by atoms with Gasteiger partial charge in [0.25, 0.3) is 0 Å². The summed E-state index contributed by atoms with van der Waals surface area (Å²) in [5, 5.41) is 7.15. The zero-order valence-electron chi connectivity index (χ0n) is 23.8. The van der Waals surface area contributed by atoms with Gasteiger partial charge in [-0.1, -0.05) is 63.6 Å². The van der Waals surface area contributed by atoms with E-state index in [-0.39, 0.29) is 0 Å². The first-order valence-electron chi connectivity index (χ1n) is 14.7. The lowest BCUT2D eigenvalue weighted by molar-refractivity contribution is 0.702. The number of aromatic amines is 1. The average molecular weight is 553 g/mol. The number of para-hydroxylation sites is 1. The van der Waals surface area contributed by atoms with E-state index in [2.05, 4.69) is 58.7 Å². The minimum Gasteiger partial charge on any atom is -0.360 e. The van der Waals surface area contributed by atoms with Crippen molar-refractivity contribution in [2.75, 3.05) is 11.4 Å². The Morgan fingerprint density at radius 1 is 0.975 bits per heavy atom. The molecule has 0 unspecified atom stereocenters. The molecule has 1 aliphatic carbocycles. The van der Waals surface area contributed by atoms with Gasteiger partial charge in [0.15, 0.2) is 0 Å². The molecule has 1 fully saturated rings. The average Bonchev–Trinajstić information content (AvgIpc) is 3.62. The smallest absolute Gasteiger partial charge is 0.147 e.